The summed E-state index contributed by atoms with van der Waals surface area (Å²) >= 11 is 0. The van der Waals surface area contributed by atoms with Gasteiger partial charge in [-0.1, -0.05) is 0 Å². The van der Waals surface area contributed by atoms with Crippen LogP contribution in [0.5, 0.6) is 5.88 Å². The molecule has 1 aromatic heterocycles. The van der Waals surface area contributed by atoms with Crippen molar-refractivity contribution in [2.75, 3.05) is 20.2 Å². The van der Waals surface area contributed by atoms with Crippen LogP contribution in [0.3, 0.4) is 0 Å². The predicted molar refractivity (Wildman–Crippen MR) is 76.0 cm³/mol. The molecule has 112 valence electrons. The number of likely N-dealkylation sites (tertiary alicyclic amines) is 1. The SMILES string of the molecule is CN1CC[C@@H](NC(=O)c2ccc(OCC3CC3)nc2)C1=O. The highest BCUT2D eigenvalue weighted by Gasteiger charge is 2.30. The topological polar surface area (TPSA) is 71.5 Å². The summed E-state index contributed by atoms with van der Waals surface area (Å²) in [5.74, 6) is 0.890. The molecule has 0 radical (unpaired) electrons. The van der Waals surface area contributed by atoms with Crippen LogP contribution in [0.25, 0.3) is 0 Å². The molecule has 0 bridgehead atoms. The molecule has 2 fully saturated rings. The van der Waals surface area contributed by atoms with Crippen molar-refractivity contribution >= 4 is 11.8 Å². The molecule has 6 nitrogen and oxygen atoms in total. The Hall–Kier alpha value is -2.11. The maximum absolute atomic E-state index is 12.1. The normalized spacial score (nSPS) is 21.5. The highest BCUT2D eigenvalue weighted by Crippen LogP contribution is 2.29. The molecular formula is C15H19N3O3. The van der Waals surface area contributed by atoms with Gasteiger partial charge in [0, 0.05) is 25.9 Å². The van der Waals surface area contributed by atoms with Gasteiger partial charge in [-0.05, 0) is 31.2 Å². The van der Waals surface area contributed by atoms with Crippen LogP contribution in [0, 0.1) is 5.92 Å². The number of aromatic nitrogens is 1. The van der Waals surface area contributed by atoms with Crippen molar-refractivity contribution in [2.45, 2.75) is 25.3 Å². The molecule has 1 atom stereocenters. The Kier molecular flexibility index (Phi) is 3.77. The number of hydrogen-bond acceptors (Lipinski definition) is 4. The Balaban J connectivity index is 1.55. The average molecular weight is 289 g/mol. The zero-order valence-corrected chi connectivity index (χ0v) is 12.0. The van der Waals surface area contributed by atoms with Crippen molar-refractivity contribution in [2.24, 2.45) is 5.92 Å². The summed E-state index contributed by atoms with van der Waals surface area (Å²) in [5, 5.41) is 2.74. The van der Waals surface area contributed by atoms with Gasteiger partial charge in [-0.2, -0.15) is 0 Å². The molecule has 1 N–H and O–H groups in total. The number of nitrogens with one attached hydrogen (secondary N) is 1. The first-order valence-electron chi connectivity index (χ1n) is 7.28. The molecule has 1 aromatic rings. The van der Waals surface area contributed by atoms with Crippen LogP contribution in [0.1, 0.15) is 29.6 Å². The molecule has 0 spiro atoms. The second-order valence-corrected chi connectivity index (χ2v) is 5.71. The number of carbonyl (C=O) groups excluding carboxylic acids is 2. The fourth-order valence-corrected chi connectivity index (χ4v) is 2.29. The minimum absolute atomic E-state index is 0.0410. The fourth-order valence-electron chi connectivity index (χ4n) is 2.29. The van der Waals surface area contributed by atoms with E-state index in [9.17, 15) is 9.59 Å². The van der Waals surface area contributed by atoms with E-state index in [-0.39, 0.29) is 11.8 Å². The maximum Gasteiger partial charge on any atom is 0.253 e. The van der Waals surface area contributed by atoms with E-state index in [4.69, 9.17) is 4.74 Å². The van der Waals surface area contributed by atoms with E-state index < -0.39 is 6.04 Å². The average Bonchev–Trinajstić information content (AvgIpc) is 3.28. The van der Waals surface area contributed by atoms with Crippen LogP contribution in [0.4, 0.5) is 0 Å². The third kappa shape index (κ3) is 3.32. The molecule has 2 aliphatic rings. The van der Waals surface area contributed by atoms with Crippen LogP contribution >= 0.6 is 0 Å². The lowest BCUT2D eigenvalue weighted by Gasteiger charge is -2.12. The molecule has 0 unspecified atom stereocenters. The summed E-state index contributed by atoms with van der Waals surface area (Å²) in [6.07, 6.45) is 4.59. The first-order valence-corrected chi connectivity index (χ1v) is 7.28. The number of amides is 2. The number of likely N-dealkylation sites (N-methyl/N-ethyl adjacent to an activating group) is 1. The number of hydrogen-bond donors (Lipinski definition) is 1. The standard InChI is InChI=1S/C15H19N3O3/c1-18-7-6-12(15(18)20)17-14(19)11-4-5-13(16-8-11)21-9-10-2-3-10/h4-5,8,10,12H,2-3,6-7,9H2,1H3,(H,17,19)/t12-/m1/s1. The number of pyridine rings is 1. The van der Waals surface area contributed by atoms with E-state index in [1.165, 1.54) is 19.0 Å². The summed E-state index contributed by atoms with van der Waals surface area (Å²) in [5.41, 5.74) is 0.441. The van der Waals surface area contributed by atoms with Gasteiger partial charge in [-0.15, -0.1) is 0 Å². The number of rotatable bonds is 5. The van der Waals surface area contributed by atoms with E-state index in [2.05, 4.69) is 10.3 Å². The molecule has 2 amide bonds. The second-order valence-electron chi connectivity index (χ2n) is 5.71. The maximum atomic E-state index is 12.1. The Labute approximate surface area is 123 Å². The summed E-state index contributed by atoms with van der Waals surface area (Å²) in [7, 11) is 1.74. The quantitative estimate of drug-likeness (QED) is 0.871. The monoisotopic (exact) mass is 289 g/mol. The van der Waals surface area contributed by atoms with Crippen LogP contribution in [0.2, 0.25) is 0 Å². The molecule has 2 heterocycles. The highest BCUT2D eigenvalue weighted by molar-refractivity contribution is 5.97. The highest BCUT2D eigenvalue weighted by atomic mass is 16.5. The Morgan fingerprint density at radius 1 is 1.43 bits per heavy atom. The van der Waals surface area contributed by atoms with Crippen molar-refractivity contribution in [3.05, 3.63) is 23.9 Å². The van der Waals surface area contributed by atoms with Gasteiger partial charge in [-0.3, -0.25) is 9.59 Å². The zero-order valence-electron chi connectivity index (χ0n) is 12.0. The van der Waals surface area contributed by atoms with Crippen molar-refractivity contribution in [1.29, 1.82) is 0 Å². The van der Waals surface area contributed by atoms with Gasteiger partial charge < -0.3 is 15.0 Å². The van der Waals surface area contributed by atoms with Gasteiger partial charge >= 0.3 is 0 Å². The molecule has 0 aromatic carbocycles. The van der Waals surface area contributed by atoms with Gasteiger partial charge in [0.1, 0.15) is 6.04 Å². The van der Waals surface area contributed by atoms with Crippen molar-refractivity contribution in [1.82, 2.24) is 15.2 Å². The molecule has 3 rings (SSSR count). The van der Waals surface area contributed by atoms with Crippen molar-refractivity contribution in [3.63, 3.8) is 0 Å². The Bertz CT molecular complexity index is 540. The summed E-state index contributed by atoms with van der Waals surface area (Å²) < 4.78 is 5.53. The van der Waals surface area contributed by atoms with Crippen LogP contribution in [-0.2, 0) is 4.79 Å². The first-order chi connectivity index (χ1) is 10.1. The summed E-state index contributed by atoms with van der Waals surface area (Å²) in [6, 6.07) is 2.95. The van der Waals surface area contributed by atoms with Gasteiger partial charge in [0.2, 0.25) is 11.8 Å². The van der Waals surface area contributed by atoms with E-state index >= 15 is 0 Å². The van der Waals surface area contributed by atoms with Gasteiger partial charge in [0.25, 0.3) is 5.91 Å². The zero-order chi connectivity index (χ0) is 14.8. The van der Waals surface area contributed by atoms with E-state index in [1.807, 2.05) is 0 Å². The first kappa shape index (κ1) is 13.9. The molecule has 1 aliphatic carbocycles. The van der Waals surface area contributed by atoms with Crippen molar-refractivity contribution in [3.8, 4) is 5.88 Å². The Morgan fingerprint density at radius 2 is 2.24 bits per heavy atom. The van der Waals surface area contributed by atoms with E-state index in [0.717, 1.165) is 0 Å². The largest absolute Gasteiger partial charge is 0.477 e. The second kappa shape index (κ2) is 5.71. The van der Waals surface area contributed by atoms with Crippen LogP contribution in [0.15, 0.2) is 18.3 Å². The molecule has 6 heteroatoms. The molecular weight excluding hydrogens is 270 g/mol. The van der Waals surface area contributed by atoms with Crippen LogP contribution in [-0.4, -0.2) is 47.9 Å². The van der Waals surface area contributed by atoms with Crippen molar-refractivity contribution < 1.29 is 14.3 Å². The minimum Gasteiger partial charge on any atom is -0.477 e. The van der Waals surface area contributed by atoms with Gasteiger partial charge in [-0.25, -0.2) is 4.98 Å². The van der Waals surface area contributed by atoms with E-state index in [1.54, 1.807) is 24.1 Å². The number of carbonyl (C=O) groups is 2. The summed E-state index contributed by atoms with van der Waals surface area (Å²) in [4.78, 5) is 29.6. The van der Waals surface area contributed by atoms with Gasteiger partial charge in [0.15, 0.2) is 0 Å². The lowest BCUT2D eigenvalue weighted by atomic mass is 10.2. The molecule has 21 heavy (non-hydrogen) atoms. The summed E-state index contributed by atoms with van der Waals surface area (Å²) in [6.45, 7) is 1.37. The van der Waals surface area contributed by atoms with Crippen LogP contribution < -0.4 is 10.1 Å². The third-order valence-electron chi connectivity index (χ3n) is 3.90. The van der Waals surface area contributed by atoms with Gasteiger partial charge in [0.05, 0.1) is 12.2 Å². The predicted octanol–water partition coefficient (Wildman–Crippen LogP) is 0.831. The smallest absolute Gasteiger partial charge is 0.253 e. The Morgan fingerprint density at radius 3 is 2.81 bits per heavy atom. The lowest BCUT2D eigenvalue weighted by molar-refractivity contribution is -0.128. The molecule has 1 aliphatic heterocycles. The fraction of sp³-hybridized carbons (Fsp3) is 0.533. The third-order valence-corrected chi connectivity index (χ3v) is 3.90. The number of ether oxygens (including phenoxy) is 1. The minimum atomic E-state index is -0.423. The molecule has 1 saturated carbocycles. The van der Waals surface area contributed by atoms with E-state index in [0.29, 0.717) is 36.9 Å². The molecule has 1 saturated heterocycles. The number of nitrogens with zero attached hydrogens (tertiary/aromatic N) is 2. The lowest BCUT2D eigenvalue weighted by Crippen LogP contribution is -2.40.